The Balaban J connectivity index is 2.06. The first kappa shape index (κ1) is 31.2. The van der Waals surface area contributed by atoms with Gasteiger partial charge in [-0.05, 0) is 48.7 Å². The minimum absolute atomic E-state index is 0.0992. The standard InChI is InChI=1S/C30H36BrN3O5S/c1-5-22(2)32-30(36)28(18-23-11-7-6-8-12-23)33(20-24-13-9-14-25(31)17-24)29(35)21-34(40(4,37)38)26-15-10-16-27(19-26)39-3/h6-17,19,22,28H,5,18,20-21H2,1-4H3,(H,32,36)/t22-,28+/m1/s1. The highest BCUT2D eigenvalue weighted by Gasteiger charge is 2.33. The molecular formula is C30H36BrN3O5S. The maximum atomic E-state index is 14.1. The van der Waals surface area contributed by atoms with Gasteiger partial charge in [0.1, 0.15) is 18.3 Å². The van der Waals surface area contributed by atoms with E-state index < -0.39 is 28.5 Å². The number of amides is 2. The van der Waals surface area contributed by atoms with Gasteiger partial charge >= 0.3 is 0 Å². The van der Waals surface area contributed by atoms with Crippen LogP contribution in [0.5, 0.6) is 5.75 Å². The zero-order valence-corrected chi connectivity index (χ0v) is 25.6. The molecule has 0 saturated heterocycles. The van der Waals surface area contributed by atoms with Crippen LogP contribution in [0.25, 0.3) is 0 Å². The summed E-state index contributed by atoms with van der Waals surface area (Å²) in [6.07, 6.45) is 2.04. The van der Waals surface area contributed by atoms with Gasteiger partial charge in [-0.2, -0.15) is 0 Å². The second kappa shape index (κ2) is 14.3. The minimum atomic E-state index is -3.86. The van der Waals surface area contributed by atoms with Crippen molar-refractivity contribution in [3.8, 4) is 5.75 Å². The average molecular weight is 631 g/mol. The molecule has 0 aliphatic heterocycles. The summed E-state index contributed by atoms with van der Waals surface area (Å²) in [4.78, 5) is 29.3. The first-order chi connectivity index (χ1) is 19.0. The molecule has 3 aromatic carbocycles. The number of halogens is 1. The summed E-state index contributed by atoms with van der Waals surface area (Å²) in [7, 11) is -2.37. The monoisotopic (exact) mass is 629 g/mol. The lowest BCUT2D eigenvalue weighted by atomic mass is 10.0. The fourth-order valence-corrected chi connectivity index (χ4v) is 5.49. The van der Waals surface area contributed by atoms with Gasteiger partial charge in [0.2, 0.25) is 21.8 Å². The van der Waals surface area contributed by atoms with Crippen LogP contribution >= 0.6 is 15.9 Å². The number of sulfonamides is 1. The molecule has 0 aromatic heterocycles. The van der Waals surface area contributed by atoms with E-state index >= 15 is 0 Å². The number of anilines is 1. The lowest BCUT2D eigenvalue weighted by molar-refractivity contribution is -0.140. The van der Waals surface area contributed by atoms with E-state index in [1.54, 1.807) is 24.3 Å². The maximum Gasteiger partial charge on any atom is 0.244 e. The second-order valence-electron chi connectivity index (χ2n) is 9.65. The highest BCUT2D eigenvalue weighted by Crippen LogP contribution is 2.24. The predicted octanol–water partition coefficient (Wildman–Crippen LogP) is 4.78. The van der Waals surface area contributed by atoms with Crippen LogP contribution < -0.4 is 14.4 Å². The number of hydrogen-bond acceptors (Lipinski definition) is 5. The summed E-state index contributed by atoms with van der Waals surface area (Å²) >= 11 is 3.48. The number of rotatable bonds is 13. The van der Waals surface area contributed by atoms with E-state index in [2.05, 4.69) is 21.2 Å². The third-order valence-corrected chi connectivity index (χ3v) is 8.17. The van der Waals surface area contributed by atoms with E-state index in [4.69, 9.17) is 4.74 Å². The summed E-state index contributed by atoms with van der Waals surface area (Å²) < 4.78 is 32.9. The highest BCUT2D eigenvalue weighted by atomic mass is 79.9. The van der Waals surface area contributed by atoms with Gasteiger partial charge in [-0.3, -0.25) is 13.9 Å². The van der Waals surface area contributed by atoms with Crippen molar-refractivity contribution in [3.63, 3.8) is 0 Å². The van der Waals surface area contributed by atoms with Gasteiger partial charge in [0.25, 0.3) is 0 Å². The van der Waals surface area contributed by atoms with Gasteiger partial charge in [-0.15, -0.1) is 0 Å². The van der Waals surface area contributed by atoms with Gasteiger partial charge in [0, 0.05) is 29.5 Å². The minimum Gasteiger partial charge on any atom is -0.497 e. The Kier molecular flexibility index (Phi) is 11.2. The Hall–Kier alpha value is -3.37. The van der Waals surface area contributed by atoms with Crippen molar-refractivity contribution in [1.82, 2.24) is 10.2 Å². The van der Waals surface area contributed by atoms with Crippen molar-refractivity contribution < 1.29 is 22.7 Å². The number of carbonyl (C=O) groups excluding carboxylic acids is 2. The van der Waals surface area contributed by atoms with E-state index in [1.165, 1.54) is 12.0 Å². The number of benzene rings is 3. The number of carbonyl (C=O) groups is 2. The van der Waals surface area contributed by atoms with Crippen molar-refractivity contribution in [1.29, 1.82) is 0 Å². The molecule has 0 unspecified atom stereocenters. The summed E-state index contributed by atoms with van der Waals surface area (Å²) in [6, 6.07) is 22.5. The predicted molar refractivity (Wildman–Crippen MR) is 162 cm³/mol. The molecule has 3 aromatic rings. The number of methoxy groups -OCH3 is 1. The molecule has 2 atom stereocenters. The lowest BCUT2D eigenvalue weighted by Crippen LogP contribution is -2.54. The molecule has 8 nitrogen and oxygen atoms in total. The Bertz CT molecular complexity index is 1400. The smallest absolute Gasteiger partial charge is 0.244 e. The molecule has 0 heterocycles. The molecule has 2 amide bonds. The normalized spacial score (nSPS) is 12.7. The maximum absolute atomic E-state index is 14.1. The van der Waals surface area contributed by atoms with E-state index in [0.717, 1.165) is 32.6 Å². The van der Waals surface area contributed by atoms with Gasteiger partial charge in [-0.1, -0.05) is 71.4 Å². The molecule has 0 radical (unpaired) electrons. The van der Waals surface area contributed by atoms with Gasteiger partial charge < -0.3 is 15.0 Å². The molecule has 0 bridgehead atoms. The molecule has 1 N–H and O–H groups in total. The number of nitrogens with one attached hydrogen (secondary N) is 1. The van der Waals surface area contributed by atoms with Crippen molar-refractivity contribution in [2.24, 2.45) is 0 Å². The summed E-state index contributed by atoms with van der Waals surface area (Å²) in [5.41, 5.74) is 1.97. The SMILES string of the molecule is CC[C@@H](C)NC(=O)[C@H](Cc1ccccc1)N(Cc1cccc(Br)c1)C(=O)CN(c1cccc(OC)c1)S(C)(=O)=O. The first-order valence-electron chi connectivity index (χ1n) is 13.0. The number of hydrogen-bond donors (Lipinski definition) is 1. The molecular weight excluding hydrogens is 594 g/mol. The number of nitrogens with zero attached hydrogens (tertiary/aromatic N) is 2. The van der Waals surface area contributed by atoms with Crippen LogP contribution in [0.1, 0.15) is 31.4 Å². The second-order valence-corrected chi connectivity index (χ2v) is 12.5. The third kappa shape index (κ3) is 8.82. The molecule has 0 spiro atoms. The Morgan fingerprint density at radius 1 is 0.975 bits per heavy atom. The Labute approximate surface area is 245 Å². The average Bonchev–Trinajstić information content (AvgIpc) is 2.93. The van der Waals surface area contributed by atoms with Crippen LogP contribution in [-0.2, 0) is 32.6 Å². The molecule has 40 heavy (non-hydrogen) atoms. The van der Waals surface area contributed by atoms with Crippen LogP contribution in [0.15, 0.2) is 83.3 Å². The van der Waals surface area contributed by atoms with Crippen molar-refractivity contribution in [3.05, 3.63) is 94.5 Å². The van der Waals surface area contributed by atoms with Crippen molar-refractivity contribution in [2.45, 2.75) is 45.3 Å². The topological polar surface area (TPSA) is 96.0 Å². The van der Waals surface area contributed by atoms with Crippen LogP contribution in [0.2, 0.25) is 0 Å². The summed E-state index contributed by atoms with van der Waals surface area (Å²) in [5.74, 6) is -0.346. The fourth-order valence-electron chi connectivity index (χ4n) is 4.21. The molecule has 0 saturated carbocycles. The van der Waals surface area contributed by atoms with Gasteiger partial charge in [-0.25, -0.2) is 8.42 Å². The fraction of sp³-hybridized carbons (Fsp3) is 0.333. The van der Waals surface area contributed by atoms with Gasteiger partial charge in [0.15, 0.2) is 0 Å². The van der Waals surface area contributed by atoms with Crippen LogP contribution in [0.3, 0.4) is 0 Å². The quantitative estimate of drug-likeness (QED) is 0.294. The zero-order valence-electron chi connectivity index (χ0n) is 23.2. The molecule has 3 rings (SSSR count). The van der Waals surface area contributed by atoms with E-state index in [0.29, 0.717) is 11.4 Å². The van der Waals surface area contributed by atoms with E-state index in [-0.39, 0.29) is 24.9 Å². The van der Waals surface area contributed by atoms with Crippen LogP contribution in [-0.4, -0.2) is 57.1 Å². The van der Waals surface area contributed by atoms with Crippen molar-refractivity contribution in [2.75, 3.05) is 24.2 Å². The van der Waals surface area contributed by atoms with Crippen LogP contribution in [0.4, 0.5) is 5.69 Å². The van der Waals surface area contributed by atoms with E-state index in [9.17, 15) is 18.0 Å². The van der Waals surface area contributed by atoms with Gasteiger partial charge in [0.05, 0.1) is 19.1 Å². The summed E-state index contributed by atoms with van der Waals surface area (Å²) in [6.45, 7) is 3.51. The highest BCUT2D eigenvalue weighted by molar-refractivity contribution is 9.10. The Morgan fingerprint density at radius 3 is 2.27 bits per heavy atom. The molecule has 0 fully saturated rings. The third-order valence-electron chi connectivity index (χ3n) is 6.53. The zero-order chi connectivity index (χ0) is 29.3. The first-order valence-corrected chi connectivity index (χ1v) is 15.7. The molecule has 0 aliphatic carbocycles. The van der Waals surface area contributed by atoms with Crippen molar-refractivity contribution >= 4 is 43.5 Å². The number of ether oxygens (including phenoxy) is 1. The Morgan fingerprint density at radius 2 is 1.65 bits per heavy atom. The summed E-state index contributed by atoms with van der Waals surface area (Å²) in [5, 5.41) is 3.02. The molecule has 0 aliphatic rings. The molecule has 214 valence electrons. The molecule has 10 heteroatoms. The lowest BCUT2D eigenvalue weighted by Gasteiger charge is -2.34. The van der Waals surface area contributed by atoms with Crippen LogP contribution in [0, 0.1) is 0 Å². The van der Waals surface area contributed by atoms with E-state index in [1.807, 2.05) is 68.4 Å². The largest absolute Gasteiger partial charge is 0.497 e.